The molecule has 1 saturated heterocycles. The number of hydrogen-bond donors (Lipinski definition) is 0. The van der Waals surface area contributed by atoms with Gasteiger partial charge in [0, 0.05) is 12.6 Å². The van der Waals surface area contributed by atoms with E-state index in [0.717, 1.165) is 31.5 Å². The van der Waals surface area contributed by atoms with Crippen molar-refractivity contribution in [2.45, 2.75) is 63.9 Å². The quantitative estimate of drug-likeness (QED) is 0.183. The van der Waals surface area contributed by atoms with Crippen LogP contribution in [0, 0.1) is 0 Å². The number of benzene rings is 4. The van der Waals surface area contributed by atoms with Gasteiger partial charge in [-0.15, -0.1) is 0 Å². The lowest BCUT2D eigenvalue weighted by Crippen LogP contribution is -2.62. The van der Waals surface area contributed by atoms with Gasteiger partial charge in [0.25, 0.3) is 0 Å². The van der Waals surface area contributed by atoms with Gasteiger partial charge in [-0.3, -0.25) is 4.90 Å². The molecule has 0 bridgehead atoms. The summed E-state index contributed by atoms with van der Waals surface area (Å²) < 4.78 is 20.0. The maximum Gasteiger partial charge on any atom is 0.113 e. The summed E-state index contributed by atoms with van der Waals surface area (Å²) in [7, 11) is 0. The molecule has 0 spiro atoms. The fraction of sp³-hybridized carbons (Fsp3) is 0.333. The zero-order valence-electron chi connectivity index (χ0n) is 23.5. The number of rotatable bonds is 13. The van der Waals surface area contributed by atoms with Crippen molar-refractivity contribution in [1.29, 1.82) is 0 Å². The van der Waals surface area contributed by atoms with E-state index in [-0.39, 0.29) is 24.4 Å². The molecular formula is C36H41NO3. The first-order valence-corrected chi connectivity index (χ1v) is 14.5. The molecule has 0 N–H and O–H groups in total. The zero-order chi connectivity index (χ0) is 27.4. The Kier molecular flexibility index (Phi) is 10.5. The molecule has 4 aromatic carbocycles. The van der Waals surface area contributed by atoms with Gasteiger partial charge in [0.05, 0.1) is 25.9 Å². The van der Waals surface area contributed by atoms with Gasteiger partial charge in [-0.2, -0.15) is 0 Å². The van der Waals surface area contributed by atoms with Gasteiger partial charge in [-0.1, -0.05) is 121 Å². The largest absolute Gasteiger partial charge is 0.369 e. The molecule has 1 fully saturated rings. The molecule has 4 atom stereocenters. The molecule has 5 rings (SSSR count). The Labute approximate surface area is 239 Å². The summed E-state index contributed by atoms with van der Waals surface area (Å²) in [6.45, 7) is 5.71. The van der Waals surface area contributed by atoms with Crippen molar-refractivity contribution in [1.82, 2.24) is 4.90 Å². The van der Waals surface area contributed by atoms with Crippen molar-refractivity contribution in [2.24, 2.45) is 0 Å². The fourth-order valence-electron chi connectivity index (χ4n) is 5.52. The topological polar surface area (TPSA) is 30.9 Å². The highest BCUT2D eigenvalue weighted by Crippen LogP contribution is 2.29. The lowest BCUT2D eigenvalue weighted by Gasteiger charge is -2.47. The molecule has 0 radical (unpaired) electrons. The number of hydrogen-bond acceptors (Lipinski definition) is 4. The van der Waals surface area contributed by atoms with Crippen molar-refractivity contribution < 1.29 is 14.2 Å². The Hall–Kier alpha value is -3.28. The van der Waals surface area contributed by atoms with E-state index in [1.165, 1.54) is 16.7 Å². The smallest absolute Gasteiger partial charge is 0.113 e. The van der Waals surface area contributed by atoms with E-state index in [1.807, 2.05) is 18.2 Å². The van der Waals surface area contributed by atoms with E-state index in [4.69, 9.17) is 14.2 Å². The van der Waals surface area contributed by atoms with Gasteiger partial charge >= 0.3 is 0 Å². The Morgan fingerprint density at radius 2 is 0.975 bits per heavy atom. The molecule has 40 heavy (non-hydrogen) atoms. The van der Waals surface area contributed by atoms with Crippen LogP contribution in [0.25, 0.3) is 0 Å². The van der Waals surface area contributed by atoms with Gasteiger partial charge in [0.1, 0.15) is 12.2 Å². The van der Waals surface area contributed by atoms with Crippen LogP contribution in [0.15, 0.2) is 121 Å². The molecule has 4 heteroatoms. The van der Waals surface area contributed by atoms with Gasteiger partial charge in [0.2, 0.25) is 0 Å². The summed E-state index contributed by atoms with van der Waals surface area (Å²) in [4.78, 5) is 2.54. The fourth-order valence-corrected chi connectivity index (χ4v) is 5.52. The second-order valence-corrected chi connectivity index (χ2v) is 10.7. The first-order chi connectivity index (χ1) is 19.8. The molecule has 0 aromatic heterocycles. The van der Waals surface area contributed by atoms with Crippen molar-refractivity contribution in [2.75, 3.05) is 13.1 Å². The van der Waals surface area contributed by atoms with E-state index >= 15 is 0 Å². The lowest BCUT2D eigenvalue weighted by atomic mass is 9.93. The van der Waals surface area contributed by atoms with Crippen molar-refractivity contribution in [3.63, 3.8) is 0 Å². The molecule has 208 valence electrons. The van der Waals surface area contributed by atoms with E-state index < -0.39 is 0 Å². The Balaban J connectivity index is 1.34. The van der Waals surface area contributed by atoms with Crippen LogP contribution in [0.2, 0.25) is 0 Å². The minimum Gasteiger partial charge on any atom is -0.369 e. The van der Waals surface area contributed by atoms with E-state index in [9.17, 15) is 0 Å². The molecule has 0 amide bonds. The summed E-state index contributed by atoms with van der Waals surface area (Å²) in [5.41, 5.74) is 4.87. The predicted molar refractivity (Wildman–Crippen MR) is 161 cm³/mol. The van der Waals surface area contributed by atoms with Crippen LogP contribution in [0.3, 0.4) is 0 Å². The van der Waals surface area contributed by atoms with Crippen LogP contribution in [0.4, 0.5) is 0 Å². The molecule has 4 nitrogen and oxygen atoms in total. The summed E-state index contributed by atoms with van der Waals surface area (Å²) in [6.07, 6.45) is 1.71. The minimum absolute atomic E-state index is 0.113. The third-order valence-corrected chi connectivity index (χ3v) is 7.79. The first-order valence-electron chi connectivity index (χ1n) is 14.5. The summed E-state index contributed by atoms with van der Waals surface area (Å²) in [5.74, 6) is 0. The second-order valence-electron chi connectivity index (χ2n) is 10.7. The summed E-state index contributed by atoms with van der Waals surface area (Å²) in [6, 6.07) is 42.1. The first kappa shape index (κ1) is 28.3. The van der Waals surface area contributed by atoms with Crippen molar-refractivity contribution in [3.05, 3.63) is 144 Å². The van der Waals surface area contributed by atoms with E-state index in [1.54, 1.807) is 0 Å². The average molecular weight is 536 g/mol. The molecule has 0 aliphatic carbocycles. The van der Waals surface area contributed by atoms with Gasteiger partial charge < -0.3 is 14.2 Å². The monoisotopic (exact) mass is 535 g/mol. The highest BCUT2D eigenvalue weighted by molar-refractivity contribution is 5.17. The van der Waals surface area contributed by atoms with Crippen LogP contribution in [-0.4, -0.2) is 42.3 Å². The van der Waals surface area contributed by atoms with Gasteiger partial charge in [0.15, 0.2) is 0 Å². The standard InChI is InChI=1S/C36H41NO3/c1-29-35(39-27-32-19-10-4-11-20-32)36(40-28-33-21-12-5-13-22-33)34(38-26-31-17-8-3-9-18-31)25-37(29)24-14-23-30-15-6-2-7-16-30/h2-13,15-22,29,34-36H,14,23-28H2,1H3/t29-,34+,35-,36-/m1/s1. The van der Waals surface area contributed by atoms with E-state index in [2.05, 4.69) is 115 Å². The zero-order valence-corrected chi connectivity index (χ0v) is 23.5. The average Bonchev–Trinajstić information content (AvgIpc) is 3.01. The van der Waals surface area contributed by atoms with Crippen LogP contribution in [0.1, 0.15) is 35.6 Å². The molecule has 1 aliphatic heterocycles. The number of likely N-dealkylation sites (tertiary alicyclic amines) is 1. The van der Waals surface area contributed by atoms with E-state index in [0.29, 0.717) is 19.8 Å². The highest BCUT2D eigenvalue weighted by Gasteiger charge is 2.43. The van der Waals surface area contributed by atoms with Crippen molar-refractivity contribution in [3.8, 4) is 0 Å². The van der Waals surface area contributed by atoms with Crippen LogP contribution >= 0.6 is 0 Å². The number of piperidine rings is 1. The molecule has 4 aromatic rings. The third-order valence-electron chi connectivity index (χ3n) is 7.79. The maximum absolute atomic E-state index is 6.71. The van der Waals surface area contributed by atoms with Gasteiger partial charge in [-0.25, -0.2) is 0 Å². The third kappa shape index (κ3) is 8.12. The van der Waals surface area contributed by atoms with Crippen LogP contribution < -0.4 is 0 Å². The Morgan fingerprint density at radius 3 is 1.48 bits per heavy atom. The molecule has 1 aliphatic rings. The molecule has 1 heterocycles. The Bertz CT molecular complexity index is 1240. The highest BCUT2D eigenvalue weighted by atomic mass is 16.6. The number of nitrogens with zero attached hydrogens (tertiary/aromatic N) is 1. The number of aryl methyl sites for hydroxylation is 1. The van der Waals surface area contributed by atoms with Crippen molar-refractivity contribution >= 4 is 0 Å². The normalized spacial score (nSPS) is 21.3. The predicted octanol–water partition coefficient (Wildman–Crippen LogP) is 7.08. The SMILES string of the molecule is C[C@@H]1[C@@H](OCc2ccccc2)[C@H](OCc2ccccc2)[C@@H](OCc2ccccc2)CN1CCCc1ccccc1. The second kappa shape index (κ2) is 14.9. The summed E-state index contributed by atoms with van der Waals surface area (Å²) >= 11 is 0. The van der Waals surface area contributed by atoms with Crippen LogP contribution in [0.5, 0.6) is 0 Å². The number of ether oxygens (including phenoxy) is 3. The minimum atomic E-state index is -0.187. The lowest BCUT2D eigenvalue weighted by molar-refractivity contribution is -0.200. The Morgan fingerprint density at radius 1 is 0.550 bits per heavy atom. The molecular weight excluding hydrogens is 494 g/mol. The van der Waals surface area contributed by atoms with Gasteiger partial charge in [-0.05, 0) is 48.6 Å². The summed E-state index contributed by atoms with van der Waals surface area (Å²) in [5, 5.41) is 0. The molecule has 0 saturated carbocycles. The van der Waals surface area contributed by atoms with Crippen LogP contribution in [-0.2, 0) is 40.5 Å². The maximum atomic E-state index is 6.71. The molecule has 0 unspecified atom stereocenters.